The van der Waals surface area contributed by atoms with Crippen LogP contribution in [0.2, 0.25) is 0 Å². The molecule has 19 heavy (non-hydrogen) atoms. The lowest BCUT2D eigenvalue weighted by molar-refractivity contribution is -0.119. The number of rotatable bonds is 3. The predicted octanol–water partition coefficient (Wildman–Crippen LogP) is 2.21. The number of anilines is 1. The number of amides is 1. The lowest BCUT2D eigenvalue weighted by atomic mass is 10.2. The van der Waals surface area contributed by atoms with Gasteiger partial charge in [-0.1, -0.05) is 15.9 Å². The topological polar surface area (TPSA) is 64.0 Å². The van der Waals surface area contributed by atoms with Crippen LogP contribution < -0.4 is 10.9 Å². The monoisotopic (exact) mass is 321 g/mol. The lowest BCUT2D eigenvalue weighted by Gasteiger charge is -2.13. The van der Waals surface area contributed by atoms with E-state index in [0.717, 1.165) is 9.15 Å². The largest absolute Gasteiger partial charge is 0.324 e. The smallest absolute Gasteiger partial charge is 0.267 e. The number of hydrogen-bond donors (Lipinski definition) is 1. The van der Waals surface area contributed by atoms with E-state index in [1.807, 2.05) is 12.1 Å². The molecule has 0 fully saturated rings. The molecular weight excluding hydrogens is 310 g/mol. The van der Waals surface area contributed by atoms with Crippen molar-refractivity contribution < 1.29 is 4.79 Å². The van der Waals surface area contributed by atoms with Crippen molar-refractivity contribution in [3.05, 3.63) is 57.4 Å². The molecule has 0 bridgehead atoms. The van der Waals surface area contributed by atoms with E-state index in [9.17, 15) is 9.59 Å². The number of carbonyl (C=O) groups is 1. The third-order valence-corrected chi connectivity index (χ3v) is 3.13. The molecule has 0 saturated heterocycles. The molecule has 0 aliphatic heterocycles. The average Bonchev–Trinajstić information content (AvgIpc) is 2.41. The van der Waals surface area contributed by atoms with Crippen LogP contribution in [-0.2, 0) is 4.79 Å². The zero-order chi connectivity index (χ0) is 13.8. The molecule has 5 nitrogen and oxygen atoms in total. The summed E-state index contributed by atoms with van der Waals surface area (Å²) in [6.07, 6.45) is 1.48. The zero-order valence-electron chi connectivity index (χ0n) is 10.2. The second kappa shape index (κ2) is 5.79. The first-order chi connectivity index (χ1) is 9.08. The normalized spacial score (nSPS) is 11.9. The molecule has 6 heteroatoms. The summed E-state index contributed by atoms with van der Waals surface area (Å²) in [4.78, 5) is 23.6. The highest BCUT2D eigenvalue weighted by Crippen LogP contribution is 2.15. The van der Waals surface area contributed by atoms with Crippen molar-refractivity contribution in [2.75, 3.05) is 5.32 Å². The molecule has 0 spiro atoms. The average molecular weight is 322 g/mol. The van der Waals surface area contributed by atoms with Gasteiger partial charge in [0, 0.05) is 22.4 Å². The molecule has 98 valence electrons. The van der Waals surface area contributed by atoms with Gasteiger partial charge in [-0.25, -0.2) is 4.68 Å². The van der Waals surface area contributed by atoms with E-state index in [1.165, 1.54) is 18.3 Å². The molecular formula is C13H12BrN3O2. The maximum absolute atomic E-state index is 12.0. The Morgan fingerprint density at radius 1 is 1.32 bits per heavy atom. The number of halogens is 1. The molecule has 1 aromatic carbocycles. The number of carbonyl (C=O) groups excluding carboxylic acids is 1. The summed E-state index contributed by atoms with van der Waals surface area (Å²) in [5.74, 6) is -0.289. The molecule has 2 aromatic rings. The molecule has 1 aromatic heterocycles. The second-order valence-electron chi connectivity index (χ2n) is 3.98. The van der Waals surface area contributed by atoms with E-state index in [0.29, 0.717) is 5.69 Å². The Morgan fingerprint density at radius 2 is 2.00 bits per heavy atom. The Kier molecular flexibility index (Phi) is 4.11. The van der Waals surface area contributed by atoms with Crippen LogP contribution in [0.15, 0.2) is 51.9 Å². The van der Waals surface area contributed by atoms with Gasteiger partial charge in [-0.05, 0) is 37.3 Å². The quantitative estimate of drug-likeness (QED) is 0.942. The van der Waals surface area contributed by atoms with Gasteiger partial charge in [-0.3, -0.25) is 9.59 Å². The van der Waals surface area contributed by atoms with Crippen molar-refractivity contribution in [1.29, 1.82) is 0 Å². The highest BCUT2D eigenvalue weighted by atomic mass is 79.9. The van der Waals surface area contributed by atoms with Crippen LogP contribution in [0.4, 0.5) is 5.69 Å². The highest BCUT2D eigenvalue weighted by molar-refractivity contribution is 9.10. The summed E-state index contributed by atoms with van der Waals surface area (Å²) in [7, 11) is 0. The maximum atomic E-state index is 12.0. The third-order valence-electron chi connectivity index (χ3n) is 2.60. The summed E-state index contributed by atoms with van der Waals surface area (Å²) in [5, 5.41) is 6.63. The van der Waals surface area contributed by atoms with Gasteiger partial charge >= 0.3 is 0 Å². The molecule has 0 aliphatic carbocycles. The van der Waals surface area contributed by atoms with Crippen LogP contribution in [0, 0.1) is 0 Å². The van der Waals surface area contributed by atoms with Crippen molar-refractivity contribution in [3.8, 4) is 0 Å². The van der Waals surface area contributed by atoms with Crippen molar-refractivity contribution in [3.63, 3.8) is 0 Å². The first kappa shape index (κ1) is 13.5. The number of nitrogens with zero attached hydrogens (tertiary/aromatic N) is 2. The summed E-state index contributed by atoms with van der Waals surface area (Å²) in [6, 6.07) is 9.44. The third kappa shape index (κ3) is 3.29. The van der Waals surface area contributed by atoms with Crippen LogP contribution in [0.3, 0.4) is 0 Å². The van der Waals surface area contributed by atoms with Crippen molar-refractivity contribution in [2.45, 2.75) is 13.0 Å². The molecule has 1 heterocycles. The van der Waals surface area contributed by atoms with E-state index in [1.54, 1.807) is 19.1 Å². The van der Waals surface area contributed by atoms with Crippen LogP contribution in [0.5, 0.6) is 0 Å². The Morgan fingerprint density at radius 3 is 2.63 bits per heavy atom. The molecule has 1 N–H and O–H groups in total. The van der Waals surface area contributed by atoms with Crippen LogP contribution in [0.25, 0.3) is 0 Å². The Bertz CT molecular complexity index is 637. The fourth-order valence-corrected chi connectivity index (χ4v) is 1.82. The summed E-state index contributed by atoms with van der Waals surface area (Å²) < 4.78 is 2.08. The lowest BCUT2D eigenvalue weighted by Crippen LogP contribution is -2.32. The summed E-state index contributed by atoms with van der Waals surface area (Å²) in [5.41, 5.74) is 0.366. The SMILES string of the molecule is CC(C(=O)Nc1ccc(Br)cc1)n1ncccc1=O. The molecule has 1 amide bonds. The molecule has 2 rings (SSSR count). The van der Waals surface area contributed by atoms with Gasteiger partial charge < -0.3 is 5.32 Å². The first-order valence-corrected chi connectivity index (χ1v) is 6.47. The fraction of sp³-hybridized carbons (Fsp3) is 0.154. The van der Waals surface area contributed by atoms with Gasteiger partial charge in [0.15, 0.2) is 0 Å². The van der Waals surface area contributed by atoms with E-state index in [2.05, 4.69) is 26.3 Å². The standard InChI is InChI=1S/C13H12BrN3O2/c1-9(17-12(18)3-2-8-15-17)13(19)16-11-6-4-10(14)5-7-11/h2-9H,1H3,(H,16,19). The van der Waals surface area contributed by atoms with E-state index >= 15 is 0 Å². The minimum absolute atomic E-state index is 0.289. The molecule has 0 saturated carbocycles. The van der Waals surface area contributed by atoms with E-state index in [4.69, 9.17) is 0 Å². The van der Waals surface area contributed by atoms with Gasteiger partial charge in [-0.2, -0.15) is 5.10 Å². The summed E-state index contributed by atoms with van der Waals surface area (Å²) >= 11 is 3.32. The van der Waals surface area contributed by atoms with E-state index in [-0.39, 0.29) is 11.5 Å². The maximum Gasteiger partial charge on any atom is 0.267 e. The Hall–Kier alpha value is -1.95. The Labute approximate surface area is 118 Å². The van der Waals surface area contributed by atoms with Crippen LogP contribution in [-0.4, -0.2) is 15.7 Å². The van der Waals surface area contributed by atoms with Crippen molar-refractivity contribution in [2.24, 2.45) is 0 Å². The Balaban J connectivity index is 2.14. The number of benzene rings is 1. The molecule has 0 radical (unpaired) electrons. The number of nitrogens with one attached hydrogen (secondary N) is 1. The van der Waals surface area contributed by atoms with Gasteiger partial charge in [0.25, 0.3) is 5.56 Å². The predicted molar refractivity (Wildman–Crippen MR) is 76.0 cm³/mol. The van der Waals surface area contributed by atoms with Crippen LogP contribution in [0.1, 0.15) is 13.0 Å². The molecule has 0 aliphatic rings. The van der Waals surface area contributed by atoms with Gasteiger partial charge in [-0.15, -0.1) is 0 Å². The zero-order valence-corrected chi connectivity index (χ0v) is 11.8. The first-order valence-electron chi connectivity index (χ1n) is 5.68. The summed E-state index contributed by atoms with van der Waals surface area (Å²) in [6.45, 7) is 1.63. The molecule has 1 unspecified atom stereocenters. The van der Waals surface area contributed by atoms with Crippen molar-refractivity contribution >= 4 is 27.5 Å². The van der Waals surface area contributed by atoms with Gasteiger partial charge in [0.1, 0.15) is 6.04 Å². The van der Waals surface area contributed by atoms with Gasteiger partial charge in [0.05, 0.1) is 0 Å². The second-order valence-corrected chi connectivity index (χ2v) is 4.89. The fourth-order valence-electron chi connectivity index (χ4n) is 1.55. The number of hydrogen-bond acceptors (Lipinski definition) is 3. The highest BCUT2D eigenvalue weighted by Gasteiger charge is 2.16. The van der Waals surface area contributed by atoms with E-state index < -0.39 is 6.04 Å². The van der Waals surface area contributed by atoms with Crippen molar-refractivity contribution in [1.82, 2.24) is 9.78 Å². The number of aromatic nitrogens is 2. The molecule has 1 atom stereocenters. The van der Waals surface area contributed by atoms with Gasteiger partial charge in [0.2, 0.25) is 5.91 Å². The van der Waals surface area contributed by atoms with Crippen LogP contribution >= 0.6 is 15.9 Å². The minimum atomic E-state index is -0.669. The minimum Gasteiger partial charge on any atom is -0.324 e.